The highest BCUT2D eigenvalue weighted by Gasteiger charge is 2.14. The van der Waals surface area contributed by atoms with Crippen molar-refractivity contribution in [3.63, 3.8) is 0 Å². The highest BCUT2D eigenvalue weighted by Crippen LogP contribution is 2.25. The van der Waals surface area contributed by atoms with E-state index < -0.39 is 0 Å². The summed E-state index contributed by atoms with van der Waals surface area (Å²) >= 11 is 0. The average molecular weight is 320 g/mol. The second-order valence-electron chi connectivity index (χ2n) is 6.78. The van der Waals surface area contributed by atoms with Gasteiger partial charge in [0.2, 0.25) is 0 Å². The maximum Gasteiger partial charge on any atom is 0.0866 e. The van der Waals surface area contributed by atoms with Crippen molar-refractivity contribution in [1.29, 1.82) is 0 Å². The normalized spacial score (nSPS) is 16.8. The maximum absolute atomic E-state index is 4.73. The first-order valence-electron chi connectivity index (χ1n) is 8.61. The van der Waals surface area contributed by atoms with Gasteiger partial charge in [0.25, 0.3) is 0 Å². The predicted octanol–water partition coefficient (Wildman–Crippen LogP) is 2.99. The van der Waals surface area contributed by atoms with E-state index in [-0.39, 0.29) is 0 Å². The smallest absolute Gasteiger partial charge is 0.0866 e. The van der Waals surface area contributed by atoms with Crippen LogP contribution in [0.1, 0.15) is 5.56 Å². The van der Waals surface area contributed by atoms with E-state index >= 15 is 0 Å². The lowest BCUT2D eigenvalue weighted by Gasteiger charge is -2.32. The Labute approximate surface area is 143 Å². The van der Waals surface area contributed by atoms with Crippen molar-refractivity contribution in [1.82, 2.24) is 19.4 Å². The van der Waals surface area contributed by atoms with Crippen LogP contribution in [-0.4, -0.2) is 52.6 Å². The molecule has 0 aliphatic carbocycles. The molecule has 3 aromatic rings. The number of rotatable bonds is 3. The van der Waals surface area contributed by atoms with Crippen LogP contribution in [-0.2, 0) is 13.6 Å². The first-order valence-corrected chi connectivity index (χ1v) is 8.61. The van der Waals surface area contributed by atoms with Gasteiger partial charge in [-0.15, -0.1) is 0 Å². The Hall–Kier alpha value is -2.17. The zero-order valence-electron chi connectivity index (χ0n) is 14.4. The molecule has 0 N–H and O–H groups in total. The summed E-state index contributed by atoms with van der Waals surface area (Å²) in [6, 6.07) is 15.1. The minimum absolute atomic E-state index is 0.996. The zero-order chi connectivity index (χ0) is 16.5. The lowest BCUT2D eigenvalue weighted by atomic mass is 10.2. The summed E-state index contributed by atoms with van der Waals surface area (Å²) in [5.74, 6) is 0. The molecule has 0 saturated carbocycles. The highest BCUT2D eigenvalue weighted by molar-refractivity contribution is 5.86. The number of hydrogen-bond acceptors (Lipinski definition) is 3. The number of aryl methyl sites for hydroxylation is 1. The number of fused-ring (bicyclic) bond motifs is 1. The van der Waals surface area contributed by atoms with Crippen LogP contribution in [0.3, 0.4) is 0 Å². The van der Waals surface area contributed by atoms with Crippen LogP contribution in [0.2, 0.25) is 0 Å². The van der Waals surface area contributed by atoms with Crippen LogP contribution in [0.5, 0.6) is 0 Å². The summed E-state index contributed by atoms with van der Waals surface area (Å²) in [5, 5.41) is 1.26. The van der Waals surface area contributed by atoms with Gasteiger partial charge >= 0.3 is 0 Å². The number of para-hydroxylation sites is 1. The van der Waals surface area contributed by atoms with Crippen LogP contribution < -0.4 is 0 Å². The molecule has 0 bridgehead atoms. The Kier molecular flexibility index (Phi) is 4.08. The molecule has 0 spiro atoms. The molecule has 1 aliphatic rings. The van der Waals surface area contributed by atoms with E-state index in [1.54, 1.807) is 0 Å². The van der Waals surface area contributed by atoms with E-state index in [0.717, 1.165) is 38.4 Å². The Morgan fingerprint density at radius 2 is 1.75 bits per heavy atom. The molecule has 1 aromatic carbocycles. The summed E-state index contributed by atoms with van der Waals surface area (Å²) in [7, 11) is 4.30. The van der Waals surface area contributed by atoms with Crippen LogP contribution >= 0.6 is 0 Å². The number of aromatic nitrogens is 2. The van der Waals surface area contributed by atoms with E-state index in [9.17, 15) is 0 Å². The molecular weight excluding hydrogens is 296 g/mol. The fourth-order valence-electron chi connectivity index (χ4n) is 3.47. The minimum atomic E-state index is 0.996. The quantitative estimate of drug-likeness (QED) is 0.741. The van der Waals surface area contributed by atoms with Crippen molar-refractivity contribution in [2.24, 2.45) is 7.05 Å². The molecule has 4 rings (SSSR count). The largest absolute Gasteiger partial charge is 0.342 e. The van der Waals surface area contributed by atoms with Gasteiger partial charge in [-0.25, -0.2) is 0 Å². The van der Waals surface area contributed by atoms with E-state index in [1.807, 2.05) is 6.20 Å². The molecule has 1 saturated heterocycles. The number of piperazine rings is 1. The molecule has 3 heterocycles. The third kappa shape index (κ3) is 2.95. The highest BCUT2D eigenvalue weighted by atomic mass is 15.2. The standard InChI is InChI=1S/C20H24N4/c1-22-9-11-24(12-10-22)15-16-7-8-18(21-14-16)20-13-17-5-3-4-6-19(17)23(20)2/h3-8,13-14H,9-12,15H2,1-2H3. The monoisotopic (exact) mass is 320 g/mol. The zero-order valence-corrected chi connectivity index (χ0v) is 14.4. The van der Waals surface area contributed by atoms with Gasteiger partial charge in [0.15, 0.2) is 0 Å². The van der Waals surface area contributed by atoms with Gasteiger partial charge < -0.3 is 9.47 Å². The molecule has 0 unspecified atom stereocenters. The lowest BCUT2D eigenvalue weighted by Crippen LogP contribution is -2.43. The molecule has 1 aliphatic heterocycles. The van der Waals surface area contributed by atoms with Crippen molar-refractivity contribution >= 4 is 10.9 Å². The first kappa shape index (κ1) is 15.4. The SMILES string of the molecule is CN1CCN(Cc2ccc(-c3cc4ccccc4n3C)nc2)CC1. The van der Waals surface area contributed by atoms with Crippen LogP contribution in [0, 0.1) is 0 Å². The Morgan fingerprint density at radius 3 is 2.46 bits per heavy atom. The van der Waals surface area contributed by atoms with E-state index in [0.29, 0.717) is 0 Å². The summed E-state index contributed by atoms with van der Waals surface area (Å²) < 4.78 is 2.22. The number of nitrogens with zero attached hydrogens (tertiary/aromatic N) is 4. The molecule has 24 heavy (non-hydrogen) atoms. The van der Waals surface area contributed by atoms with Gasteiger partial charge in [0, 0.05) is 56.9 Å². The summed E-state index contributed by atoms with van der Waals surface area (Å²) in [5.41, 5.74) is 4.75. The lowest BCUT2D eigenvalue weighted by molar-refractivity contribution is 0.148. The minimum Gasteiger partial charge on any atom is -0.342 e. The van der Waals surface area contributed by atoms with Gasteiger partial charge in [-0.1, -0.05) is 24.3 Å². The Morgan fingerprint density at radius 1 is 0.958 bits per heavy atom. The summed E-state index contributed by atoms with van der Waals surface area (Å²) in [6.07, 6.45) is 2.03. The number of likely N-dealkylation sites (N-methyl/N-ethyl adjacent to an activating group) is 1. The van der Waals surface area contributed by atoms with Gasteiger partial charge in [-0.05, 0) is 30.8 Å². The van der Waals surface area contributed by atoms with E-state index in [1.165, 1.54) is 22.2 Å². The molecule has 4 heteroatoms. The molecule has 124 valence electrons. The maximum atomic E-state index is 4.73. The van der Waals surface area contributed by atoms with E-state index in [2.05, 4.69) is 70.9 Å². The van der Waals surface area contributed by atoms with Crippen LogP contribution in [0.4, 0.5) is 0 Å². The molecule has 0 atom stereocenters. The van der Waals surface area contributed by atoms with Gasteiger partial charge in [0.05, 0.1) is 11.4 Å². The third-order valence-corrected chi connectivity index (χ3v) is 5.04. The fraction of sp³-hybridized carbons (Fsp3) is 0.350. The van der Waals surface area contributed by atoms with Gasteiger partial charge in [-0.3, -0.25) is 9.88 Å². The number of benzene rings is 1. The van der Waals surface area contributed by atoms with Crippen molar-refractivity contribution < 1.29 is 0 Å². The molecule has 1 fully saturated rings. The second kappa shape index (κ2) is 6.38. The topological polar surface area (TPSA) is 24.3 Å². The first-order chi connectivity index (χ1) is 11.7. The van der Waals surface area contributed by atoms with Gasteiger partial charge in [-0.2, -0.15) is 0 Å². The van der Waals surface area contributed by atoms with Crippen molar-refractivity contribution in [3.05, 3.63) is 54.2 Å². The average Bonchev–Trinajstić information content (AvgIpc) is 2.95. The number of pyridine rings is 1. The summed E-state index contributed by atoms with van der Waals surface area (Å²) in [4.78, 5) is 9.62. The second-order valence-corrected chi connectivity index (χ2v) is 6.78. The fourth-order valence-corrected chi connectivity index (χ4v) is 3.47. The molecule has 4 nitrogen and oxygen atoms in total. The van der Waals surface area contributed by atoms with Crippen molar-refractivity contribution in [2.75, 3.05) is 33.2 Å². The molecule has 0 radical (unpaired) electrons. The molecule has 2 aromatic heterocycles. The van der Waals surface area contributed by atoms with Crippen molar-refractivity contribution in [3.8, 4) is 11.4 Å². The Bertz CT molecular complexity index is 826. The predicted molar refractivity (Wildman–Crippen MR) is 98.9 cm³/mol. The Balaban J connectivity index is 1.53. The van der Waals surface area contributed by atoms with Crippen molar-refractivity contribution in [2.45, 2.75) is 6.54 Å². The van der Waals surface area contributed by atoms with E-state index in [4.69, 9.17) is 4.98 Å². The third-order valence-electron chi connectivity index (χ3n) is 5.04. The summed E-state index contributed by atoms with van der Waals surface area (Å²) in [6.45, 7) is 5.59. The van der Waals surface area contributed by atoms with Gasteiger partial charge in [0.1, 0.15) is 0 Å². The number of hydrogen-bond donors (Lipinski definition) is 0. The van der Waals surface area contributed by atoms with Crippen LogP contribution in [0.15, 0.2) is 48.7 Å². The molecule has 0 amide bonds. The van der Waals surface area contributed by atoms with Crippen LogP contribution in [0.25, 0.3) is 22.3 Å². The molecular formula is C20H24N4.